The van der Waals surface area contributed by atoms with E-state index in [0.717, 1.165) is 6.42 Å². The molecule has 0 aliphatic rings. The molecule has 2 aromatic rings. The van der Waals surface area contributed by atoms with Crippen LogP contribution < -0.4 is 0 Å². The van der Waals surface area contributed by atoms with E-state index in [2.05, 4.69) is 141 Å². The normalized spacial score (nSPS) is 14.9. The third-order valence-corrected chi connectivity index (χ3v) is 7.32. The second-order valence-electron chi connectivity index (χ2n) is 16.2. The van der Waals surface area contributed by atoms with Gasteiger partial charge in [0.1, 0.15) is 0 Å². The van der Waals surface area contributed by atoms with Crippen molar-refractivity contribution < 1.29 is 0 Å². The SMILES string of the molecule is CC(Cc1cc(C(C)(C)C)c(C(C)(C)C)c(C(C)(C)C)c1)c1c(C(C)(C)C)cccc1C(C)(C)C. The molecule has 0 N–H and O–H groups in total. The fourth-order valence-corrected chi connectivity index (χ4v) is 5.67. The van der Waals surface area contributed by atoms with Crippen LogP contribution in [0.15, 0.2) is 30.3 Å². The van der Waals surface area contributed by atoms with Crippen molar-refractivity contribution in [2.45, 2.75) is 150 Å². The van der Waals surface area contributed by atoms with Crippen LogP contribution in [-0.2, 0) is 33.5 Å². The van der Waals surface area contributed by atoms with E-state index in [4.69, 9.17) is 0 Å². The van der Waals surface area contributed by atoms with Crippen molar-refractivity contribution in [1.29, 1.82) is 0 Å². The molecule has 0 radical (unpaired) electrons. The molecule has 196 valence electrons. The number of benzene rings is 2. The Balaban J connectivity index is 2.81. The first-order valence-corrected chi connectivity index (χ1v) is 13.8. The molecule has 0 bridgehead atoms. The highest BCUT2D eigenvalue weighted by atomic mass is 14.4. The van der Waals surface area contributed by atoms with Gasteiger partial charge in [0, 0.05) is 0 Å². The lowest BCUT2D eigenvalue weighted by atomic mass is 9.67. The Morgan fingerprint density at radius 3 is 1.14 bits per heavy atom. The Bertz CT molecular complexity index is 961. The zero-order valence-electron chi connectivity index (χ0n) is 26.2. The highest BCUT2D eigenvalue weighted by molar-refractivity contribution is 5.51. The summed E-state index contributed by atoms with van der Waals surface area (Å²) in [6, 6.07) is 12.1. The van der Waals surface area contributed by atoms with Gasteiger partial charge in [0.05, 0.1) is 0 Å². The van der Waals surface area contributed by atoms with Crippen LogP contribution >= 0.6 is 0 Å². The molecule has 0 heteroatoms. The largest absolute Gasteiger partial charge is 0.0617 e. The van der Waals surface area contributed by atoms with Crippen LogP contribution in [0.2, 0.25) is 0 Å². The molecule has 0 aromatic heterocycles. The molecule has 2 rings (SSSR count). The van der Waals surface area contributed by atoms with Gasteiger partial charge in [-0.25, -0.2) is 0 Å². The topological polar surface area (TPSA) is 0 Å². The van der Waals surface area contributed by atoms with Crippen molar-refractivity contribution in [3.05, 3.63) is 69.3 Å². The summed E-state index contributed by atoms with van der Waals surface area (Å²) in [6.45, 7) is 38.0. The second-order valence-corrected chi connectivity index (χ2v) is 16.2. The molecule has 0 heterocycles. The zero-order valence-corrected chi connectivity index (χ0v) is 26.2. The number of hydrogen-bond acceptors (Lipinski definition) is 0. The zero-order chi connectivity index (χ0) is 27.4. The highest BCUT2D eigenvalue weighted by Crippen LogP contribution is 2.43. The summed E-state index contributed by atoms with van der Waals surface area (Å²) in [5.41, 5.74) is 11.1. The van der Waals surface area contributed by atoms with E-state index in [9.17, 15) is 0 Å². The van der Waals surface area contributed by atoms with Gasteiger partial charge in [-0.15, -0.1) is 0 Å². The third-order valence-electron chi connectivity index (χ3n) is 7.32. The lowest BCUT2D eigenvalue weighted by Gasteiger charge is -2.37. The lowest BCUT2D eigenvalue weighted by molar-refractivity contribution is 0.495. The predicted molar refractivity (Wildman–Crippen MR) is 159 cm³/mol. The van der Waals surface area contributed by atoms with Gasteiger partial charge in [-0.3, -0.25) is 0 Å². The molecule has 35 heavy (non-hydrogen) atoms. The molecule has 0 saturated heterocycles. The quantitative estimate of drug-likeness (QED) is 0.413. The van der Waals surface area contributed by atoms with Crippen molar-refractivity contribution in [1.82, 2.24) is 0 Å². The predicted octanol–water partition coefficient (Wildman–Crippen LogP) is 10.5. The summed E-state index contributed by atoms with van der Waals surface area (Å²) in [6.07, 6.45) is 1.06. The summed E-state index contributed by atoms with van der Waals surface area (Å²) in [7, 11) is 0. The first kappa shape index (κ1) is 29.7. The minimum Gasteiger partial charge on any atom is -0.0617 e. The van der Waals surface area contributed by atoms with Gasteiger partial charge in [-0.1, -0.05) is 141 Å². The van der Waals surface area contributed by atoms with Crippen molar-refractivity contribution >= 4 is 0 Å². The van der Waals surface area contributed by atoms with E-state index in [0.29, 0.717) is 5.92 Å². The minimum absolute atomic E-state index is 0.0990. The van der Waals surface area contributed by atoms with Gasteiger partial charge in [0.25, 0.3) is 0 Å². The molecule has 0 amide bonds. The standard InChI is InChI=1S/C35H56/c1-23(29-25(31(2,3)4)18-17-19-26(29)32(5,6)7)20-24-21-27(33(8,9)10)30(35(14,15)16)28(22-24)34(11,12)13/h17-19,21-23H,20H2,1-16H3. The fraction of sp³-hybridized carbons (Fsp3) is 0.657. The van der Waals surface area contributed by atoms with Crippen LogP contribution in [0.5, 0.6) is 0 Å². The van der Waals surface area contributed by atoms with Gasteiger partial charge in [-0.05, 0) is 78.4 Å². The molecule has 0 aliphatic carbocycles. The van der Waals surface area contributed by atoms with Gasteiger partial charge in [-0.2, -0.15) is 0 Å². The average molecular weight is 477 g/mol. The van der Waals surface area contributed by atoms with Crippen LogP contribution in [0, 0.1) is 0 Å². The van der Waals surface area contributed by atoms with Gasteiger partial charge in [0.2, 0.25) is 0 Å². The minimum atomic E-state index is 0.0990. The summed E-state index contributed by atoms with van der Waals surface area (Å²) in [4.78, 5) is 0. The maximum absolute atomic E-state index is 2.54. The van der Waals surface area contributed by atoms with E-state index >= 15 is 0 Å². The van der Waals surface area contributed by atoms with Crippen molar-refractivity contribution in [3.63, 3.8) is 0 Å². The molecule has 1 atom stereocenters. The first-order chi connectivity index (χ1) is 15.5. The average Bonchev–Trinajstić information content (AvgIpc) is 2.63. The molecule has 2 aromatic carbocycles. The van der Waals surface area contributed by atoms with Gasteiger partial charge in [0.15, 0.2) is 0 Å². The van der Waals surface area contributed by atoms with Gasteiger partial charge < -0.3 is 0 Å². The second kappa shape index (κ2) is 9.39. The van der Waals surface area contributed by atoms with Crippen LogP contribution in [0.1, 0.15) is 156 Å². The molecule has 1 unspecified atom stereocenters. The van der Waals surface area contributed by atoms with Crippen LogP contribution in [0.3, 0.4) is 0 Å². The molecule has 0 nitrogen and oxygen atoms in total. The monoisotopic (exact) mass is 476 g/mol. The van der Waals surface area contributed by atoms with E-state index in [1.165, 1.54) is 27.8 Å². The smallest absolute Gasteiger partial charge is 0.0126 e. The lowest BCUT2D eigenvalue weighted by Crippen LogP contribution is -2.28. The molecular formula is C35H56. The van der Waals surface area contributed by atoms with E-state index < -0.39 is 0 Å². The summed E-state index contributed by atoms with van der Waals surface area (Å²) in [5.74, 6) is 0.445. The summed E-state index contributed by atoms with van der Waals surface area (Å²) in [5, 5.41) is 0. The summed E-state index contributed by atoms with van der Waals surface area (Å²) < 4.78 is 0. The third kappa shape index (κ3) is 6.81. The summed E-state index contributed by atoms with van der Waals surface area (Å²) >= 11 is 0. The van der Waals surface area contributed by atoms with Gasteiger partial charge >= 0.3 is 0 Å². The Morgan fingerprint density at radius 1 is 0.514 bits per heavy atom. The van der Waals surface area contributed by atoms with E-state index in [1.54, 1.807) is 11.1 Å². The van der Waals surface area contributed by atoms with Crippen LogP contribution in [-0.4, -0.2) is 0 Å². The number of hydrogen-bond donors (Lipinski definition) is 0. The molecule has 0 saturated carbocycles. The highest BCUT2D eigenvalue weighted by Gasteiger charge is 2.33. The fourth-order valence-electron chi connectivity index (χ4n) is 5.67. The van der Waals surface area contributed by atoms with Crippen molar-refractivity contribution in [2.24, 2.45) is 0 Å². The first-order valence-electron chi connectivity index (χ1n) is 13.8. The van der Waals surface area contributed by atoms with Crippen LogP contribution in [0.4, 0.5) is 0 Å². The number of rotatable bonds is 3. The Morgan fingerprint density at radius 2 is 0.857 bits per heavy atom. The Kier molecular flexibility index (Phi) is 7.96. The van der Waals surface area contributed by atoms with Crippen LogP contribution in [0.25, 0.3) is 0 Å². The maximum atomic E-state index is 2.54. The molecule has 0 aliphatic heterocycles. The Labute approximate surface area is 219 Å². The van der Waals surface area contributed by atoms with E-state index in [-0.39, 0.29) is 27.1 Å². The Hall–Kier alpha value is -1.56. The molecular weight excluding hydrogens is 420 g/mol. The molecule has 0 spiro atoms. The van der Waals surface area contributed by atoms with Crippen molar-refractivity contribution in [3.8, 4) is 0 Å². The van der Waals surface area contributed by atoms with Crippen molar-refractivity contribution in [2.75, 3.05) is 0 Å². The maximum Gasteiger partial charge on any atom is -0.0126 e. The van der Waals surface area contributed by atoms with E-state index in [1.807, 2.05) is 0 Å². The molecule has 0 fully saturated rings.